The van der Waals surface area contributed by atoms with E-state index < -0.39 is 0 Å². The van der Waals surface area contributed by atoms with Gasteiger partial charge in [-0.25, -0.2) is 0 Å². The summed E-state index contributed by atoms with van der Waals surface area (Å²) in [5.74, 6) is 0.984. The molecule has 1 heteroatoms. The normalized spacial score (nSPS) is 40.2. The van der Waals surface area contributed by atoms with E-state index in [0.717, 1.165) is 18.0 Å². The lowest BCUT2D eigenvalue weighted by molar-refractivity contribution is 0.472. The van der Waals surface area contributed by atoms with Crippen LogP contribution >= 0.6 is 0 Å². The van der Waals surface area contributed by atoms with E-state index in [9.17, 15) is 0 Å². The van der Waals surface area contributed by atoms with E-state index in [4.69, 9.17) is 0 Å². The Morgan fingerprint density at radius 1 is 1.00 bits per heavy atom. The van der Waals surface area contributed by atoms with Crippen LogP contribution < -0.4 is 5.32 Å². The van der Waals surface area contributed by atoms with Gasteiger partial charge in [-0.05, 0) is 44.4 Å². The second-order valence-corrected chi connectivity index (χ2v) is 4.71. The van der Waals surface area contributed by atoms with Crippen LogP contribution in [0.4, 0.5) is 0 Å². The first-order chi connectivity index (χ1) is 5.90. The molecular weight excluding hydrogens is 146 g/mol. The predicted molar refractivity (Wildman–Crippen MR) is 50.0 cm³/mol. The van der Waals surface area contributed by atoms with Crippen molar-refractivity contribution in [1.82, 2.24) is 5.32 Å². The highest BCUT2D eigenvalue weighted by atomic mass is 15.0. The Morgan fingerprint density at radius 3 is 2.25 bits per heavy atom. The Balaban J connectivity index is 1.72. The van der Waals surface area contributed by atoms with Crippen LogP contribution in [0, 0.1) is 5.92 Å². The molecule has 0 radical (unpaired) electrons. The SMILES string of the molecule is C(=C1CC2CCC(C1)N2)C1CC1. The lowest BCUT2D eigenvalue weighted by Gasteiger charge is -2.23. The predicted octanol–water partition coefficient (Wildman–Crippen LogP) is 2.24. The van der Waals surface area contributed by atoms with Crippen molar-refractivity contribution in [2.75, 3.05) is 0 Å². The average Bonchev–Trinajstić information content (AvgIpc) is 2.79. The van der Waals surface area contributed by atoms with Crippen molar-refractivity contribution in [3.05, 3.63) is 11.6 Å². The van der Waals surface area contributed by atoms with Crippen molar-refractivity contribution in [3.8, 4) is 0 Å². The van der Waals surface area contributed by atoms with Crippen molar-refractivity contribution in [3.63, 3.8) is 0 Å². The molecule has 2 aliphatic heterocycles. The third-order valence-electron chi connectivity index (χ3n) is 3.45. The maximum absolute atomic E-state index is 3.67. The molecule has 2 heterocycles. The number of rotatable bonds is 1. The van der Waals surface area contributed by atoms with Crippen LogP contribution in [0.2, 0.25) is 0 Å². The van der Waals surface area contributed by atoms with Crippen molar-refractivity contribution in [2.45, 2.75) is 50.6 Å². The molecule has 0 spiro atoms. The van der Waals surface area contributed by atoms with Crippen LogP contribution in [0.1, 0.15) is 38.5 Å². The van der Waals surface area contributed by atoms with Crippen molar-refractivity contribution >= 4 is 0 Å². The molecule has 1 N–H and O–H groups in total. The second-order valence-electron chi connectivity index (χ2n) is 4.71. The Labute approximate surface area is 74.2 Å². The lowest BCUT2D eigenvalue weighted by atomic mass is 9.98. The largest absolute Gasteiger partial charge is 0.311 e. The molecule has 2 atom stereocenters. The minimum Gasteiger partial charge on any atom is -0.311 e. The molecule has 1 aliphatic carbocycles. The summed E-state index contributed by atoms with van der Waals surface area (Å²) in [4.78, 5) is 0. The van der Waals surface area contributed by atoms with E-state index in [1.807, 2.05) is 0 Å². The second kappa shape index (κ2) is 2.59. The third-order valence-corrected chi connectivity index (χ3v) is 3.45. The summed E-state index contributed by atoms with van der Waals surface area (Å²) in [6, 6.07) is 1.68. The molecule has 1 nitrogen and oxygen atoms in total. The summed E-state index contributed by atoms with van der Waals surface area (Å²) in [6.45, 7) is 0. The Hall–Kier alpha value is -0.300. The van der Waals surface area contributed by atoms with Gasteiger partial charge in [0.2, 0.25) is 0 Å². The van der Waals surface area contributed by atoms with Crippen molar-refractivity contribution < 1.29 is 0 Å². The molecule has 3 aliphatic rings. The van der Waals surface area contributed by atoms with Gasteiger partial charge in [0.25, 0.3) is 0 Å². The number of hydrogen-bond acceptors (Lipinski definition) is 1. The fourth-order valence-corrected chi connectivity index (χ4v) is 2.67. The third kappa shape index (κ3) is 1.31. The fourth-order valence-electron chi connectivity index (χ4n) is 2.67. The summed E-state index contributed by atoms with van der Waals surface area (Å²) in [6.07, 6.45) is 11.1. The highest BCUT2D eigenvalue weighted by Crippen LogP contribution is 2.36. The van der Waals surface area contributed by atoms with Gasteiger partial charge in [-0.1, -0.05) is 11.6 Å². The van der Waals surface area contributed by atoms with Crippen molar-refractivity contribution in [2.24, 2.45) is 5.92 Å². The van der Waals surface area contributed by atoms with Gasteiger partial charge in [0.15, 0.2) is 0 Å². The maximum atomic E-state index is 3.67. The minimum absolute atomic E-state index is 0.841. The van der Waals surface area contributed by atoms with Crippen molar-refractivity contribution in [1.29, 1.82) is 0 Å². The van der Waals surface area contributed by atoms with Gasteiger partial charge in [-0.3, -0.25) is 0 Å². The zero-order valence-electron chi connectivity index (χ0n) is 7.55. The molecule has 1 saturated carbocycles. The zero-order valence-corrected chi connectivity index (χ0v) is 7.55. The molecule has 2 bridgehead atoms. The topological polar surface area (TPSA) is 12.0 Å². The summed E-state index contributed by atoms with van der Waals surface area (Å²) < 4.78 is 0. The lowest BCUT2D eigenvalue weighted by Crippen LogP contribution is -2.34. The first-order valence-corrected chi connectivity index (χ1v) is 5.36. The zero-order chi connectivity index (χ0) is 7.97. The number of fused-ring (bicyclic) bond motifs is 2. The fraction of sp³-hybridized carbons (Fsp3) is 0.818. The Morgan fingerprint density at radius 2 is 1.67 bits per heavy atom. The monoisotopic (exact) mass is 163 g/mol. The first-order valence-electron chi connectivity index (χ1n) is 5.36. The van der Waals surface area contributed by atoms with E-state index in [1.54, 1.807) is 5.57 Å². The number of allylic oxidation sites excluding steroid dienone is 1. The minimum atomic E-state index is 0.841. The number of nitrogens with one attached hydrogen (secondary N) is 1. The summed E-state index contributed by atoms with van der Waals surface area (Å²) in [5, 5.41) is 3.67. The summed E-state index contributed by atoms with van der Waals surface area (Å²) in [7, 11) is 0. The molecular formula is C11H17N. The van der Waals surface area contributed by atoms with Crippen LogP contribution in [-0.2, 0) is 0 Å². The highest BCUT2D eigenvalue weighted by molar-refractivity contribution is 5.16. The van der Waals surface area contributed by atoms with Crippen LogP contribution in [-0.4, -0.2) is 12.1 Å². The van der Waals surface area contributed by atoms with E-state index in [1.165, 1.54) is 38.5 Å². The smallest absolute Gasteiger partial charge is 0.0107 e. The van der Waals surface area contributed by atoms with Gasteiger partial charge < -0.3 is 5.32 Å². The van der Waals surface area contributed by atoms with Gasteiger partial charge in [0, 0.05) is 12.1 Å². The Bertz CT molecular complexity index is 201. The van der Waals surface area contributed by atoms with Crippen LogP contribution in [0.3, 0.4) is 0 Å². The van der Waals surface area contributed by atoms with Gasteiger partial charge in [0.05, 0.1) is 0 Å². The molecule has 0 aromatic heterocycles. The van der Waals surface area contributed by atoms with Gasteiger partial charge >= 0.3 is 0 Å². The Kier molecular flexibility index (Phi) is 1.54. The maximum Gasteiger partial charge on any atom is 0.0107 e. The molecule has 0 aromatic rings. The molecule has 3 rings (SSSR count). The molecule has 3 fully saturated rings. The highest BCUT2D eigenvalue weighted by Gasteiger charge is 2.31. The van der Waals surface area contributed by atoms with Crippen LogP contribution in [0.15, 0.2) is 11.6 Å². The molecule has 12 heavy (non-hydrogen) atoms. The van der Waals surface area contributed by atoms with Crippen LogP contribution in [0.25, 0.3) is 0 Å². The molecule has 2 unspecified atom stereocenters. The van der Waals surface area contributed by atoms with E-state index >= 15 is 0 Å². The average molecular weight is 163 g/mol. The number of hydrogen-bond donors (Lipinski definition) is 1. The standard InChI is InChI=1S/C11H17N/c1-2-8(1)5-9-6-10-3-4-11(7-9)12-10/h5,8,10-12H,1-4,6-7H2. The summed E-state index contributed by atoms with van der Waals surface area (Å²) >= 11 is 0. The molecule has 2 saturated heterocycles. The van der Waals surface area contributed by atoms with Gasteiger partial charge in [-0.2, -0.15) is 0 Å². The summed E-state index contributed by atoms with van der Waals surface area (Å²) in [5.41, 5.74) is 1.77. The molecule has 66 valence electrons. The van der Waals surface area contributed by atoms with Crippen LogP contribution in [0.5, 0.6) is 0 Å². The van der Waals surface area contributed by atoms with E-state index in [-0.39, 0.29) is 0 Å². The first kappa shape index (κ1) is 7.14. The number of piperidine rings is 1. The molecule has 0 amide bonds. The van der Waals surface area contributed by atoms with E-state index in [0.29, 0.717) is 0 Å². The quantitative estimate of drug-likeness (QED) is 0.584. The van der Waals surface area contributed by atoms with E-state index in [2.05, 4.69) is 11.4 Å². The van der Waals surface area contributed by atoms with Gasteiger partial charge in [-0.15, -0.1) is 0 Å². The molecule has 0 aromatic carbocycles. The van der Waals surface area contributed by atoms with Gasteiger partial charge in [0.1, 0.15) is 0 Å².